The molecule has 0 aliphatic heterocycles. The molecule has 0 fully saturated rings. The number of hydrogen-bond acceptors (Lipinski definition) is 4. The Balaban J connectivity index is 1.59. The first-order valence-electron chi connectivity index (χ1n) is 9.12. The molecule has 0 spiro atoms. The average Bonchev–Trinajstić information content (AvgIpc) is 2.66. The van der Waals surface area contributed by atoms with E-state index in [-0.39, 0.29) is 17.4 Å². The molecule has 3 aromatic rings. The van der Waals surface area contributed by atoms with Crippen LogP contribution in [0.1, 0.15) is 32.7 Å². The monoisotopic (exact) mass is 378 g/mol. The van der Waals surface area contributed by atoms with Crippen LogP contribution in [0.2, 0.25) is 0 Å². The summed E-state index contributed by atoms with van der Waals surface area (Å²) in [5.41, 5.74) is 5.22. The summed E-state index contributed by atoms with van der Waals surface area (Å²) in [6.07, 6.45) is 3.38. The summed E-state index contributed by atoms with van der Waals surface area (Å²) in [5, 5.41) is 6.00. The van der Waals surface area contributed by atoms with Crippen LogP contribution in [0.25, 0.3) is 0 Å². The Morgan fingerprint density at radius 1 is 1.04 bits per heavy atom. The van der Waals surface area contributed by atoms with E-state index in [0.29, 0.717) is 24.3 Å². The topological polar surface area (TPSA) is 66.9 Å². The van der Waals surface area contributed by atoms with Gasteiger partial charge in [0.2, 0.25) is 0 Å². The summed E-state index contributed by atoms with van der Waals surface area (Å²) in [4.78, 5) is 20.7. The molecule has 0 aliphatic carbocycles. The van der Waals surface area contributed by atoms with Crippen LogP contribution in [0, 0.1) is 26.6 Å². The van der Waals surface area contributed by atoms with Crippen LogP contribution < -0.4 is 10.6 Å². The van der Waals surface area contributed by atoms with Gasteiger partial charge in [0.1, 0.15) is 17.3 Å². The van der Waals surface area contributed by atoms with E-state index in [2.05, 4.69) is 39.7 Å². The highest BCUT2D eigenvalue weighted by atomic mass is 19.1. The third kappa shape index (κ3) is 4.71. The maximum Gasteiger partial charge on any atom is 0.271 e. The maximum atomic E-state index is 13.6. The van der Waals surface area contributed by atoms with Crippen molar-refractivity contribution >= 4 is 17.4 Å². The molecule has 0 bridgehead atoms. The normalized spacial score (nSPS) is 10.6. The number of halogens is 1. The maximum absolute atomic E-state index is 13.6. The highest BCUT2D eigenvalue weighted by Crippen LogP contribution is 2.24. The zero-order chi connectivity index (χ0) is 20.1. The first kappa shape index (κ1) is 19.5. The number of amides is 1. The first-order chi connectivity index (χ1) is 13.4. The van der Waals surface area contributed by atoms with Crippen molar-refractivity contribution in [3.8, 4) is 0 Å². The number of nitrogens with one attached hydrogen (secondary N) is 2. The molecule has 0 aliphatic rings. The van der Waals surface area contributed by atoms with Gasteiger partial charge in [0, 0.05) is 12.2 Å². The lowest BCUT2D eigenvalue weighted by molar-refractivity contribution is 0.0948. The van der Waals surface area contributed by atoms with Crippen LogP contribution in [0.15, 0.2) is 48.8 Å². The Morgan fingerprint density at radius 2 is 1.75 bits per heavy atom. The van der Waals surface area contributed by atoms with E-state index in [1.165, 1.54) is 24.0 Å². The van der Waals surface area contributed by atoms with Crippen molar-refractivity contribution in [2.75, 3.05) is 11.9 Å². The highest BCUT2D eigenvalue weighted by molar-refractivity contribution is 5.92. The molecule has 0 radical (unpaired) electrons. The van der Waals surface area contributed by atoms with Crippen LogP contribution in [-0.4, -0.2) is 22.4 Å². The zero-order valence-electron chi connectivity index (χ0n) is 16.2. The van der Waals surface area contributed by atoms with Gasteiger partial charge in [0.05, 0.1) is 12.4 Å². The smallest absolute Gasteiger partial charge is 0.271 e. The SMILES string of the molecule is Cc1cc(C)c(Nc2cnc(C(=O)NCCc3ccccc3F)cn2)c(C)c1. The number of carbonyl (C=O) groups excluding carboxylic acids is 1. The summed E-state index contributed by atoms with van der Waals surface area (Å²) in [5.74, 6) is -0.0373. The number of aromatic nitrogens is 2. The van der Waals surface area contributed by atoms with Gasteiger partial charge in [0.25, 0.3) is 5.91 Å². The van der Waals surface area contributed by atoms with E-state index in [0.717, 1.165) is 16.8 Å². The second kappa shape index (κ2) is 8.61. The summed E-state index contributed by atoms with van der Waals surface area (Å²) in [6, 6.07) is 10.7. The Bertz CT molecular complexity index is 963. The van der Waals surface area contributed by atoms with Crippen molar-refractivity contribution < 1.29 is 9.18 Å². The minimum atomic E-state index is -0.335. The molecule has 2 N–H and O–H groups in total. The third-order valence-electron chi connectivity index (χ3n) is 4.45. The lowest BCUT2D eigenvalue weighted by Gasteiger charge is -2.13. The van der Waals surface area contributed by atoms with E-state index < -0.39 is 0 Å². The molecule has 0 atom stereocenters. The molecular formula is C22H23FN4O. The highest BCUT2D eigenvalue weighted by Gasteiger charge is 2.10. The number of carbonyl (C=O) groups is 1. The number of hydrogen-bond donors (Lipinski definition) is 2. The fourth-order valence-corrected chi connectivity index (χ4v) is 3.12. The fraction of sp³-hybridized carbons (Fsp3) is 0.227. The molecule has 2 aromatic carbocycles. The Morgan fingerprint density at radius 3 is 2.39 bits per heavy atom. The molecule has 144 valence electrons. The van der Waals surface area contributed by atoms with Crippen molar-refractivity contribution in [2.45, 2.75) is 27.2 Å². The van der Waals surface area contributed by atoms with Gasteiger partial charge < -0.3 is 10.6 Å². The van der Waals surface area contributed by atoms with Gasteiger partial charge in [-0.05, 0) is 49.9 Å². The second-order valence-electron chi connectivity index (χ2n) is 6.78. The van der Waals surface area contributed by atoms with Gasteiger partial charge >= 0.3 is 0 Å². The lowest BCUT2D eigenvalue weighted by Crippen LogP contribution is -2.26. The number of nitrogens with zero attached hydrogens (tertiary/aromatic N) is 2. The summed E-state index contributed by atoms with van der Waals surface area (Å²) < 4.78 is 13.6. The molecule has 5 nitrogen and oxygen atoms in total. The van der Waals surface area contributed by atoms with Crippen LogP contribution in [-0.2, 0) is 6.42 Å². The van der Waals surface area contributed by atoms with Crippen molar-refractivity contribution in [1.82, 2.24) is 15.3 Å². The van der Waals surface area contributed by atoms with Gasteiger partial charge in [0.15, 0.2) is 0 Å². The average molecular weight is 378 g/mol. The van der Waals surface area contributed by atoms with Crippen LogP contribution in [0.4, 0.5) is 15.9 Å². The van der Waals surface area contributed by atoms with Crippen molar-refractivity contribution in [3.05, 3.63) is 82.6 Å². The van der Waals surface area contributed by atoms with Gasteiger partial charge in [-0.1, -0.05) is 35.9 Å². The molecule has 0 saturated heterocycles. The van der Waals surface area contributed by atoms with Gasteiger partial charge in [-0.25, -0.2) is 14.4 Å². The molecule has 1 amide bonds. The van der Waals surface area contributed by atoms with Crippen LogP contribution in [0.5, 0.6) is 0 Å². The number of benzene rings is 2. The van der Waals surface area contributed by atoms with Crippen LogP contribution >= 0.6 is 0 Å². The largest absolute Gasteiger partial charge is 0.350 e. The predicted molar refractivity (Wildman–Crippen MR) is 108 cm³/mol. The summed E-state index contributed by atoms with van der Waals surface area (Å²) in [6.45, 7) is 6.45. The minimum absolute atomic E-state index is 0.219. The molecule has 0 unspecified atom stereocenters. The van der Waals surface area contributed by atoms with E-state index in [1.807, 2.05) is 13.8 Å². The molecule has 0 saturated carbocycles. The van der Waals surface area contributed by atoms with Gasteiger partial charge in [-0.2, -0.15) is 0 Å². The van der Waals surface area contributed by atoms with E-state index in [9.17, 15) is 9.18 Å². The predicted octanol–water partition coefficient (Wildman–Crippen LogP) is 4.26. The Hall–Kier alpha value is -3.28. The van der Waals surface area contributed by atoms with Crippen molar-refractivity contribution in [3.63, 3.8) is 0 Å². The molecule has 3 rings (SSSR count). The molecular weight excluding hydrogens is 355 g/mol. The van der Waals surface area contributed by atoms with E-state index >= 15 is 0 Å². The lowest BCUT2D eigenvalue weighted by atomic mass is 10.1. The van der Waals surface area contributed by atoms with E-state index in [1.54, 1.807) is 18.2 Å². The number of rotatable bonds is 6. The zero-order valence-corrected chi connectivity index (χ0v) is 16.2. The summed E-state index contributed by atoms with van der Waals surface area (Å²) in [7, 11) is 0. The van der Waals surface area contributed by atoms with Gasteiger partial charge in [-0.3, -0.25) is 4.79 Å². The number of anilines is 2. The molecule has 28 heavy (non-hydrogen) atoms. The van der Waals surface area contributed by atoms with Crippen molar-refractivity contribution in [2.24, 2.45) is 0 Å². The Kier molecular flexibility index (Phi) is 5.99. The van der Waals surface area contributed by atoms with Crippen molar-refractivity contribution in [1.29, 1.82) is 0 Å². The Labute approximate surface area is 164 Å². The third-order valence-corrected chi connectivity index (χ3v) is 4.45. The quantitative estimate of drug-likeness (QED) is 0.673. The first-order valence-corrected chi connectivity index (χ1v) is 9.12. The van der Waals surface area contributed by atoms with Gasteiger partial charge in [-0.15, -0.1) is 0 Å². The number of aryl methyl sites for hydroxylation is 3. The van der Waals surface area contributed by atoms with E-state index in [4.69, 9.17) is 0 Å². The summed E-state index contributed by atoms with van der Waals surface area (Å²) >= 11 is 0. The minimum Gasteiger partial charge on any atom is -0.350 e. The molecule has 1 aromatic heterocycles. The molecule has 6 heteroatoms. The van der Waals surface area contributed by atoms with Crippen LogP contribution in [0.3, 0.4) is 0 Å². The second-order valence-corrected chi connectivity index (χ2v) is 6.78. The fourth-order valence-electron chi connectivity index (χ4n) is 3.12. The molecule has 1 heterocycles. The standard InChI is InChI=1S/C22H23FN4O/c1-14-10-15(2)21(16(3)11-14)27-20-13-25-19(12-26-20)22(28)24-9-8-17-6-4-5-7-18(17)23/h4-7,10-13H,8-9H2,1-3H3,(H,24,28)(H,26,27).